The molecule has 0 saturated carbocycles. The van der Waals surface area contributed by atoms with Crippen LogP contribution in [-0.4, -0.2) is 40.6 Å². The maximum atomic E-state index is 13.0. The molecule has 0 spiro atoms. The van der Waals surface area contributed by atoms with E-state index < -0.39 is 10.0 Å². The van der Waals surface area contributed by atoms with Crippen LogP contribution in [0, 0.1) is 11.3 Å². The summed E-state index contributed by atoms with van der Waals surface area (Å²) >= 11 is 1.52. The molecule has 1 aromatic heterocycles. The summed E-state index contributed by atoms with van der Waals surface area (Å²) in [5.74, 6) is 1.23. The first-order valence-corrected chi connectivity index (χ1v) is 13.5. The second-order valence-electron chi connectivity index (χ2n) is 7.61. The SMILES string of the molecule is CCC(C)n1c(SCc2ccccc2C#N)nnc1-c1cccc(S(=O)(=O)N(CC)CC)c1. The van der Waals surface area contributed by atoms with Gasteiger partial charge in [0.1, 0.15) is 0 Å². The average molecular weight is 484 g/mol. The minimum Gasteiger partial charge on any atom is -0.299 e. The van der Waals surface area contributed by atoms with E-state index in [1.165, 1.54) is 16.1 Å². The van der Waals surface area contributed by atoms with Gasteiger partial charge in [0.15, 0.2) is 11.0 Å². The second kappa shape index (κ2) is 11.0. The van der Waals surface area contributed by atoms with Crippen molar-refractivity contribution in [1.29, 1.82) is 5.26 Å². The number of sulfonamides is 1. The number of nitriles is 1. The lowest BCUT2D eigenvalue weighted by molar-refractivity contribution is 0.445. The lowest BCUT2D eigenvalue weighted by atomic mass is 10.1. The molecule has 174 valence electrons. The maximum Gasteiger partial charge on any atom is 0.243 e. The summed E-state index contributed by atoms with van der Waals surface area (Å²) in [6, 6.07) is 16.8. The fraction of sp³-hybridized carbons (Fsp3) is 0.375. The summed E-state index contributed by atoms with van der Waals surface area (Å²) in [6.07, 6.45) is 0.866. The average Bonchev–Trinajstić information content (AvgIpc) is 3.27. The van der Waals surface area contributed by atoms with Crippen molar-refractivity contribution in [3.8, 4) is 17.5 Å². The minimum atomic E-state index is -3.58. The molecule has 3 rings (SSSR count). The molecule has 33 heavy (non-hydrogen) atoms. The Kier molecular flexibility index (Phi) is 8.30. The molecule has 9 heteroatoms. The van der Waals surface area contributed by atoms with Gasteiger partial charge in [0.2, 0.25) is 10.0 Å². The monoisotopic (exact) mass is 483 g/mol. The number of hydrogen-bond acceptors (Lipinski definition) is 6. The van der Waals surface area contributed by atoms with Gasteiger partial charge in [0.25, 0.3) is 0 Å². The van der Waals surface area contributed by atoms with Crippen molar-refractivity contribution >= 4 is 21.8 Å². The van der Waals surface area contributed by atoms with Crippen LogP contribution in [-0.2, 0) is 15.8 Å². The Hall–Kier alpha value is -2.67. The molecule has 0 bridgehead atoms. The molecule has 0 saturated heterocycles. The summed E-state index contributed by atoms with van der Waals surface area (Å²) in [5.41, 5.74) is 2.30. The summed E-state index contributed by atoms with van der Waals surface area (Å²) in [5, 5.41) is 19.0. The Balaban J connectivity index is 2.00. The fourth-order valence-corrected chi connectivity index (χ4v) is 6.10. The summed E-state index contributed by atoms with van der Waals surface area (Å²) in [7, 11) is -3.58. The third-order valence-corrected chi connectivity index (χ3v) is 8.66. The molecule has 2 aromatic carbocycles. The zero-order valence-electron chi connectivity index (χ0n) is 19.4. The topological polar surface area (TPSA) is 91.9 Å². The highest BCUT2D eigenvalue weighted by molar-refractivity contribution is 7.98. The molecule has 7 nitrogen and oxygen atoms in total. The molecule has 0 aliphatic carbocycles. The maximum absolute atomic E-state index is 13.0. The second-order valence-corrected chi connectivity index (χ2v) is 10.5. The molecule has 1 heterocycles. The van der Waals surface area contributed by atoms with Gasteiger partial charge in [0, 0.05) is 30.4 Å². The molecular formula is C24H29N5O2S2. The molecule has 1 atom stereocenters. The standard InChI is InChI=1S/C24H29N5O2S2/c1-5-18(4)29-23(19-13-10-14-22(15-19)33(30,31)28(6-2)7-3)26-27-24(29)32-17-21-12-9-8-11-20(21)16-25/h8-15,18H,5-7,17H2,1-4H3. The molecule has 0 fully saturated rings. The molecule has 1 unspecified atom stereocenters. The van der Waals surface area contributed by atoms with E-state index in [4.69, 9.17) is 0 Å². The van der Waals surface area contributed by atoms with Crippen LogP contribution in [0.5, 0.6) is 0 Å². The predicted molar refractivity (Wildman–Crippen MR) is 131 cm³/mol. The molecule has 0 aliphatic rings. The van der Waals surface area contributed by atoms with Gasteiger partial charge in [-0.15, -0.1) is 10.2 Å². The number of rotatable bonds is 10. The Labute approximate surface area is 200 Å². The largest absolute Gasteiger partial charge is 0.299 e. The van der Waals surface area contributed by atoms with Crippen molar-refractivity contribution in [3.63, 3.8) is 0 Å². The van der Waals surface area contributed by atoms with Gasteiger partial charge < -0.3 is 0 Å². The highest BCUT2D eigenvalue weighted by Gasteiger charge is 2.24. The van der Waals surface area contributed by atoms with Crippen molar-refractivity contribution in [3.05, 3.63) is 59.7 Å². The van der Waals surface area contributed by atoms with E-state index >= 15 is 0 Å². The molecular weight excluding hydrogens is 454 g/mol. The number of aromatic nitrogens is 3. The zero-order valence-corrected chi connectivity index (χ0v) is 21.0. The summed E-state index contributed by atoms with van der Waals surface area (Å²) in [4.78, 5) is 0.250. The lowest BCUT2D eigenvalue weighted by Crippen LogP contribution is -2.30. The van der Waals surface area contributed by atoms with E-state index in [-0.39, 0.29) is 10.9 Å². The van der Waals surface area contributed by atoms with E-state index in [2.05, 4.69) is 34.7 Å². The van der Waals surface area contributed by atoms with E-state index in [1.807, 2.05) is 44.2 Å². The normalized spacial score (nSPS) is 12.6. The highest BCUT2D eigenvalue weighted by atomic mass is 32.2. The first-order valence-electron chi connectivity index (χ1n) is 11.0. The Morgan fingerprint density at radius 3 is 2.48 bits per heavy atom. The van der Waals surface area contributed by atoms with Crippen molar-refractivity contribution < 1.29 is 8.42 Å². The summed E-state index contributed by atoms with van der Waals surface area (Å²) in [6.45, 7) is 8.68. The number of nitrogens with zero attached hydrogens (tertiary/aromatic N) is 5. The van der Waals surface area contributed by atoms with Gasteiger partial charge >= 0.3 is 0 Å². The van der Waals surface area contributed by atoms with E-state index in [1.54, 1.807) is 18.2 Å². The third-order valence-electron chi connectivity index (χ3n) is 5.63. The lowest BCUT2D eigenvalue weighted by Gasteiger charge is -2.19. The fourth-order valence-electron chi connectivity index (χ4n) is 3.56. The van der Waals surface area contributed by atoms with Gasteiger partial charge in [-0.05, 0) is 37.1 Å². The van der Waals surface area contributed by atoms with E-state index in [0.717, 1.165) is 17.1 Å². The van der Waals surface area contributed by atoms with Gasteiger partial charge in [-0.3, -0.25) is 4.57 Å². The number of benzene rings is 2. The highest BCUT2D eigenvalue weighted by Crippen LogP contribution is 2.32. The van der Waals surface area contributed by atoms with Crippen molar-refractivity contribution in [1.82, 2.24) is 19.1 Å². The smallest absolute Gasteiger partial charge is 0.243 e. The van der Waals surface area contributed by atoms with Crippen LogP contribution in [0.2, 0.25) is 0 Å². The minimum absolute atomic E-state index is 0.117. The Morgan fingerprint density at radius 2 is 1.82 bits per heavy atom. The molecule has 0 amide bonds. The zero-order chi connectivity index (χ0) is 24.0. The van der Waals surface area contributed by atoms with Crippen molar-refractivity contribution in [2.75, 3.05) is 13.1 Å². The molecule has 0 radical (unpaired) electrons. The van der Waals surface area contributed by atoms with Crippen LogP contribution < -0.4 is 0 Å². The molecule has 3 aromatic rings. The van der Waals surface area contributed by atoms with Crippen LogP contribution in [0.1, 0.15) is 51.3 Å². The van der Waals surface area contributed by atoms with Crippen LogP contribution >= 0.6 is 11.8 Å². The van der Waals surface area contributed by atoms with Crippen molar-refractivity contribution in [2.24, 2.45) is 0 Å². The van der Waals surface area contributed by atoms with Crippen LogP contribution in [0.4, 0.5) is 0 Å². The predicted octanol–water partition coefficient (Wildman–Crippen LogP) is 5.11. The van der Waals surface area contributed by atoms with Crippen LogP contribution in [0.25, 0.3) is 11.4 Å². The number of hydrogen-bond donors (Lipinski definition) is 0. The Morgan fingerprint density at radius 1 is 1.09 bits per heavy atom. The van der Waals surface area contributed by atoms with Gasteiger partial charge in [0.05, 0.1) is 16.5 Å². The first kappa shape index (κ1) is 25.0. The van der Waals surface area contributed by atoms with Crippen LogP contribution in [0.15, 0.2) is 58.6 Å². The van der Waals surface area contributed by atoms with Gasteiger partial charge in [-0.25, -0.2) is 8.42 Å². The van der Waals surface area contributed by atoms with Gasteiger partial charge in [-0.2, -0.15) is 9.57 Å². The van der Waals surface area contributed by atoms with E-state index in [0.29, 0.717) is 35.8 Å². The molecule has 0 aliphatic heterocycles. The Bertz CT molecular complexity index is 1240. The third kappa shape index (κ3) is 5.29. The van der Waals surface area contributed by atoms with Crippen LogP contribution in [0.3, 0.4) is 0 Å². The quantitative estimate of drug-likeness (QED) is 0.372. The van der Waals surface area contributed by atoms with Crippen molar-refractivity contribution in [2.45, 2.75) is 56.0 Å². The van der Waals surface area contributed by atoms with E-state index in [9.17, 15) is 13.7 Å². The number of thioether (sulfide) groups is 1. The van der Waals surface area contributed by atoms with Gasteiger partial charge in [-0.1, -0.05) is 62.9 Å². The first-order chi connectivity index (χ1) is 15.9. The summed E-state index contributed by atoms with van der Waals surface area (Å²) < 4.78 is 29.6. The molecule has 0 N–H and O–H groups in total.